The van der Waals surface area contributed by atoms with Gasteiger partial charge in [0.15, 0.2) is 0 Å². The van der Waals surface area contributed by atoms with Gasteiger partial charge in [-0.3, -0.25) is 0 Å². The minimum Gasteiger partial charge on any atom is -0.396 e. The number of aliphatic hydroxyl groups excluding tert-OH is 1. The van der Waals surface area contributed by atoms with Gasteiger partial charge < -0.3 is 10.4 Å². The Morgan fingerprint density at radius 1 is 1.44 bits per heavy atom. The van der Waals surface area contributed by atoms with E-state index < -0.39 is 0 Å². The van der Waals surface area contributed by atoms with Crippen molar-refractivity contribution < 1.29 is 5.11 Å². The molecule has 0 radical (unpaired) electrons. The summed E-state index contributed by atoms with van der Waals surface area (Å²) in [6, 6.07) is 2.28. The van der Waals surface area contributed by atoms with E-state index in [1.807, 2.05) is 0 Å². The number of nitrogens with zero attached hydrogens (tertiary/aromatic N) is 1. The first-order valence-corrected chi connectivity index (χ1v) is 6.45. The van der Waals surface area contributed by atoms with Gasteiger partial charge in [0.2, 0.25) is 0 Å². The molecule has 2 N–H and O–H groups in total. The lowest BCUT2D eigenvalue weighted by molar-refractivity contribution is 0.246. The molecule has 0 aromatic rings. The monoisotopic (exact) mass is 224 g/mol. The van der Waals surface area contributed by atoms with Crippen molar-refractivity contribution in [2.75, 3.05) is 19.7 Å². The first-order chi connectivity index (χ1) is 7.76. The third-order valence-corrected chi connectivity index (χ3v) is 3.58. The van der Waals surface area contributed by atoms with Crippen molar-refractivity contribution in [1.82, 2.24) is 5.32 Å². The first-order valence-electron chi connectivity index (χ1n) is 6.45. The van der Waals surface area contributed by atoms with E-state index >= 15 is 0 Å². The fourth-order valence-electron chi connectivity index (χ4n) is 2.24. The predicted octanol–water partition coefficient (Wildman–Crippen LogP) is 2.07. The molecule has 1 fully saturated rings. The molecule has 1 atom stereocenters. The standard InChI is InChI=1S/C13H24N2O/c1-2-3-12(4-9-16)10-15-11-13(5-6-13)7-8-14/h12,15-16H,2-7,9-11H2,1H3. The van der Waals surface area contributed by atoms with Crippen LogP contribution in [0, 0.1) is 22.7 Å². The Bertz CT molecular complexity index is 225. The second-order valence-electron chi connectivity index (χ2n) is 5.13. The van der Waals surface area contributed by atoms with Crippen molar-refractivity contribution in [1.29, 1.82) is 5.26 Å². The molecule has 3 heteroatoms. The molecule has 1 aliphatic carbocycles. The summed E-state index contributed by atoms with van der Waals surface area (Å²) in [6.45, 7) is 4.44. The van der Waals surface area contributed by atoms with Crippen LogP contribution in [0.2, 0.25) is 0 Å². The SMILES string of the molecule is CCCC(CCO)CNCC1(CC#N)CC1. The second-order valence-corrected chi connectivity index (χ2v) is 5.13. The predicted molar refractivity (Wildman–Crippen MR) is 64.9 cm³/mol. The number of aliphatic hydroxyl groups is 1. The molecule has 1 aliphatic rings. The van der Waals surface area contributed by atoms with Gasteiger partial charge in [-0.25, -0.2) is 0 Å². The van der Waals surface area contributed by atoms with Crippen molar-refractivity contribution in [2.24, 2.45) is 11.3 Å². The third-order valence-electron chi connectivity index (χ3n) is 3.58. The summed E-state index contributed by atoms with van der Waals surface area (Å²) >= 11 is 0. The van der Waals surface area contributed by atoms with Gasteiger partial charge in [-0.2, -0.15) is 5.26 Å². The Labute approximate surface area is 98.8 Å². The van der Waals surface area contributed by atoms with Crippen LogP contribution in [0.15, 0.2) is 0 Å². The lowest BCUT2D eigenvalue weighted by atomic mass is 9.99. The maximum Gasteiger partial charge on any atom is 0.0628 e. The Balaban J connectivity index is 2.15. The molecule has 0 aliphatic heterocycles. The van der Waals surface area contributed by atoms with E-state index in [0.29, 0.717) is 17.8 Å². The van der Waals surface area contributed by atoms with E-state index in [0.717, 1.165) is 19.5 Å². The average Bonchev–Trinajstić information content (AvgIpc) is 2.99. The Hall–Kier alpha value is -0.590. The largest absolute Gasteiger partial charge is 0.396 e. The third kappa shape index (κ3) is 4.51. The Morgan fingerprint density at radius 3 is 2.69 bits per heavy atom. The number of nitrogens with one attached hydrogen (secondary N) is 1. The van der Waals surface area contributed by atoms with Gasteiger partial charge in [-0.05, 0) is 43.6 Å². The number of hydrogen-bond acceptors (Lipinski definition) is 3. The van der Waals surface area contributed by atoms with Crippen LogP contribution < -0.4 is 5.32 Å². The number of rotatable bonds is 9. The molecule has 1 rings (SSSR count). The van der Waals surface area contributed by atoms with Gasteiger partial charge in [0.1, 0.15) is 0 Å². The van der Waals surface area contributed by atoms with Crippen LogP contribution in [0.5, 0.6) is 0 Å². The summed E-state index contributed by atoms with van der Waals surface area (Å²) in [5.74, 6) is 0.591. The van der Waals surface area contributed by atoms with Crippen molar-refractivity contribution in [2.45, 2.75) is 45.4 Å². The summed E-state index contributed by atoms with van der Waals surface area (Å²) < 4.78 is 0. The molecule has 0 heterocycles. The molecule has 0 aromatic heterocycles. The smallest absolute Gasteiger partial charge is 0.0628 e. The summed E-state index contributed by atoms with van der Waals surface area (Å²) in [5.41, 5.74) is 0.296. The molecule has 0 bridgehead atoms. The van der Waals surface area contributed by atoms with Crippen molar-refractivity contribution >= 4 is 0 Å². The van der Waals surface area contributed by atoms with E-state index in [1.165, 1.54) is 25.7 Å². The van der Waals surface area contributed by atoms with Gasteiger partial charge in [-0.1, -0.05) is 13.3 Å². The molecule has 92 valence electrons. The molecule has 0 saturated heterocycles. The van der Waals surface area contributed by atoms with Gasteiger partial charge in [0.25, 0.3) is 0 Å². The van der Waals surface area contributed by atoms with Gasteiger partial charge in [0.05, 0.1) is 6.07 Å². The van der Waals surface area contributed by atoms with Crippen molar-refractivity contribution in [3.63, 3.8) is 0 Å². The average molecular weight is 224 g/mol. The molecule has 1 unspecified atom stereocenters. The maximum absolute atomic E-state index is 8.95. The van der Waals surface area contributed by atoms with Gasteiger partial charge in [-0.15, -0.1) is 0 Å². The highest BCUT2D eigenvalue weighted by molar-refractivity contribution is 5.00. The van der Waals surface area contributed by atoms with E-state index in [2.05, 4.69) is 18.3 Å². The van der Waals surface area contributed by atoms with Crippen LogP contribution in [-0.2, 0) is 0 Å². The van der Waals surface area contributed by atoms with Crippen LogP contribution in [0.4, 0.5) is 0 Å². The number of nitriles is 1. The summed E-state index contributed by atoms with van der Waals surface area (Å²) in [5, 5.41) is 21.1. The van der Waals surface area contributed by atoms with Crippen LogP contribution in [-0.4, -0.2) is 24.8 Å². The van der Waals surface area contributed by atoms with E-state index in [9.17, 15) is 0 Å². The first kappa shape index (κ1) is 13.5. The van der Waals surface area contributed by atoms with E-state index in [1.54, 1.807) is 0 Å². The zero-order valence-electron chi connectivity index (χ0n) is 10.3. The quantitative estimate of drug-likeness (QED) is 0.630. The van der Waals surface area contributed by atoms with Crippen LogP contribution in [0.3, 0.4) is 0 Å². The van der Waals surface area contributed by atoms with Gasteiger partial charge >= 0.3 is 0 Å². The molecule has 1 saturated carbocycles. The summed E-state index contributed by atoms with van der Waals surface area (Å²) in [7, 11) is 0. The molecule has 3 nitrogen and oxygen atoms in total. The number of hydrogen-bond donors (Lipinski definition) is 2. The molecular weight excluding hydrogens is 200 g/mol. The summed E-state index contributed by atoms with van der Waals surface area (Å²) in [6.07, 6.45) is 6.34. The normalized spacial score (nSPS) is 19.1. The summed E-state index contributed by atoms with van der Waals surface area (Å²) in [4.78, 5) is 0. The molecule has 0 aromatic carbocycles. The fraction of sp³-hybridized carbons (Fsp3) is 0.923. The van der Waals surface area contributed by atoms with Crippen molar-refractivity contribution in [3.05, 3.63) is 0 Å². The topological polar surface area (TPSA) is 56.0 Å². The van der Waals surface area contributed by atoms with Crippen molar-refractivity contribution in [3.8, 4) is 6.07 Å². The highest BCUT2D eigenvalue weighted by Crippen LogP contribution is 2.47. The molecule has 0 spiro atoms. The minimum absolute atomic E-state index is 0.287. The van der Waals surface area contributed by atoms with Crippen LogP contribution >= 0.6 is 0 Å². The second kappa shape index (κ2) is 6.88. The minimum atomic E-state index is 0.287. The molecule has 16 heavy (non-hydrogen) atoms. The Kier molecular flexibility index (Phi) is 5.79. The lowest BCUT2D eigenvalue weighted by Crippen LogP contribution is -2.29. The fourth-order valence-corrected chi connectivity index (χ4v) is 2.24. The van der Waals surface area contributed by atoms with Crippen LogP contribution in [0.25, 0.3) is 0 Å². The van der Waals surface area contributed by atoms with Gasteiger partial charge in [0, 0.05) is 19.6 Å². The maximum atomic E-state index is 8.95. The highest BCUT2D eigenvalue weighted by atomic mass is 16.3. The zero-order valence-corrected chi connectivity index (χ0v) is 10.3. The molecular formula is C13H24N2O. The zero-order chi connectivity index (χ0) is 11.9. The van der Waals surface area contributed by atoms with E-state index in [4.69, 9.17) is 10.4 Å². The highest BCUT2D eigenvalue weighted by Gasteiger charge is 2.41. The van der Waals surface area contributed by atoms with Crippen LogP contribution in [0.1, 0.15) is 45.4 Å². The Morgan fingerprint density at radius 2 is 2.19 bits per heavy atom. The van der Waals surface area contributed by atoms with E-state index in [-0.39, 0.29) is 6.61 Å². The lowest BCUT2D eigenvalue weighted by Gasteiger charge is -2.18. The molecule has 0 amide bonds.